The first-order valence-electron chi connectivity index (χ1n) is 19.6. The van der Waals surface area contributed by atoms with Crippen molar-refractivity contribution in [3.8, 4) is 5.75 Å². The third kappa shape index (κ3) is 8.31. The molecular formula is C52H42Cl2N4O3. The molecule has 2 heterocycles. The van der Waals surface area contributed by atoms with Crippen LogP contribution in [0.5, 0.6) is 5.75 Å². The molecule has 10 rings (SSSR count). The summed E-state index contributed by atoms with van der Waals surface area (Å²) in [6, 6.07) is 54.7. The Hall–Kier alpha value is -6.93. The molecule has 8 aromatic carbocycles. The molecule has 2 amide bonds. The number of halogens is 2. The van der Waals surface area contributed by atoms with Crippen molar-refractivity contribution in [2.45, 2.75) is 20.8 Å². The number of carbonyl (C=O) groups is 2. The number of rotatable bonds is 4. The van der Waals surface area contributed by atoms with Gasteiger partial charge in [-0.05, 0) is 113 Å². The second-order valence-electron chi connectivity index (χ2n) is 14.8. The van der Waals surface area contributed by atoms with Crippen molar-refractivity contribution in [2.75, 3.05) is 27.8 Å². The molecule has 0 atom stereocenters. The number of benzene rings is 8. The van der Waals surface area contributed by atoms with Gasteiger partial charge >= 0.3 is 0 Å². The van der Waals surface area contributed by atoms with Gasteiger partial charge in [0.25, 0.3) is 5.91 Å². The first-order chi connectivity index (χ1) is 29.2. The molecule has 1 N–H and O–H groups in total. The average molecular weight is 842 g/mol. The maximum Gasteiger partial charge on any atom is 0.253 e. The van der Waals surface area contributed by atoms with Crippen LogP contribution in [0.4, 0.5) is 34.1 Å². The number of aliphatic imine (C=N–C) groups is 1. The summed E-state index contributed by atoms with van der Waals surface area (Å²) in [6.07, 6.45) is 0.347. The Balaban J connectivity index is 0.000000166. The van der Waals surface area contributed by atoms with Gasteiger partial charge in [0.2, 0.25) is 5.91 Å². The summed E-state index contributed by atoms with van der Waals surface area (Å²) < 4.78 is 0. The maximum atomic E-state index is 13.3. The number of aromatic hydroxyl groups is 1. The van der Waals surface area contributed by atoms with Crippen LogP contribution in [0.15, 0.2) is 175 Å². The smallest absolute Gasteiger partial charge is 0.253 e. The average Bonchev–Trinajstić information content (AvgIpc) is 3.50. The van der Waals surface area contributed by atoms with Crippen LogP contribution in [0.1, 0.15) is 30.5 Å². The zero-order valence-corrected chi connectivity index (χ0v) is 34.1. The van der Waals surface area contributed by atoms with E-state index in [-0.39, 0.29) is 31.5 Å². The van der Waals surface area contributed by atoms with E-state index in [0.717, 1.165) is 72.5 Å². The van der Waals surface area contributed by atoms with Crippen LogP contribution in [0, 0.1) is 6.92 Å². The van der Waals surface area contributed by atoms with Crippen molar-refractivity contribution < 1.29 is 14.7 Å². The molecule has 7 nitrogen and oxygen atoms in total. The largest absolute Gasteiger partial charge is 0.508 e. The molecule has 61 heavy (non-hydrogen) atoms. The monoisotopic (exact) mass is 840 g/mol. The van der Waals surface area contributed by atoms with Crippen LogP contribution < -0.4 is 14.7 Å². The first kappa shape index (κ1) is 40.8. The molecule has 0 aromatic heterocycles. The van der Waals surface area contributed by atoms with Gasteiger partial charge < -0.3 is 10.0 Å². The van der Waals surface area contributed by atoms with Gasteiger partial charge in [-0.3, -0.25) is 24.4 Å². The van der Waals surface area contributed by atoms with E-state index in [1.807, 2.05) is 127 Å². The summed E-state index contributed by atoms with van der Waals surface area (Å²) in [7, 11) is 0. The second kappa shape index (κ2) is 17.3. The fourth-order valence-corrected chi connectivity index (χ4v) is 8.20. The van der Waals surface area contributed by atoms with E-state index in [1.165, 1.54) is 5.56 Å². The molecule has 8 aromatic rings. The van der Waals surface area contributed by atoms with Gasteiger partial charge in [-0.2, -0.15) is 0 Å². The highest BCUT2D eigenvalue weighted by Crippen LogP contribution is 2.43. The Labute approximate surface area is 365 Å². The van der Waals surface area contributed by atoms with Crippen LogP contribution in [0.3, 0.4) is 0 Å². The lowest BCUT2D eigenvalue weighted by Gasteiger charge is -2.27. The Morgan fingerprint density at radius 1 is 0.541 bits per heavy atom. The van der Waals surface area contributed by atoms with Gasteiger partial charge in [-0.1, -0.05) is 121 Å². The van der Waals surface area contributed by atoms with Crippen LogP contribution in [-0.2, 0) is 9.59 Å². The molecule has 302 valence electrons. The minimum absolute atomic E-state index is 0. The number of aryl methyl sites for hydroxylation is 1. The Morgan fingerprint density at radius 2 is 1.08 bits per heavy atom. The lowest BCUT2D eigenvalue weighted by molar-refractivity contribution is -0.118. The highest BCUT2D eigenvalue weighted by Gasteiger charge is 2.29. The van der Waals surface area contributed by atoms with Gasteiger partial charge in [0.05, 0.1) is 22.8 Å². The van der Waals surface area contributed by atoms with Crippen molar-refractivity contribution >= 4 is 96.4 Å². The second-order valence-corrected chi connectivity index (χ2v) is 15.6. The number of phenolic OH excluding ortho intramolecular Hbond substituents is 1. The molecule has 0 bridgehead atoms. The summed E-state index contributed by atoms with van der Waals surface area (Å²) in [5.41, 5.74) is 8.75. The number of phenols is 1. The minimum atomic E-state index is -0.0732. The Kier molecular flexibility index (Phi) is 11.6. The van der Waals surface area contributed by atoms with E-state index in [2.05, 4.69) is 42.2 Å². The maximum absolute atomic E-state index is 13.3. The quantitative estimate of drug-likeness (QED) is 0.191. The van der Waals surface area contributed by atoms with Crippen LogP contribution >= 0.6 is 23.2 Å². The molecular weight excluding hydrogens is 800 g/mol. The van der Waals surface area contributed by atoms with Crippen molar-refractivity contribution in [3.63, 3.8) is 0 Å². The summed E-state index contributed by atoms with van der Waals surface area (Å²) in [4.78, 5) is 36.8. The first-order valence-corrected chi connectivity index (χ1v) is 20.4. The third-order valence-electron chi connectivity index (χ3n) is 10.8. The Bertz CT molecular complexity index is 2890. The van der Waals surface area contributed by atoms with Crippen molar-refractivity contribution in [2.24, 2.45) is 4.99 Å². The van der Waals surface area contributed by atoms with Gasteiger partial charge in [-0.25, -0.2) is 0 Å². The fourth-order valence-electron chi connectivity index (χ4n) is 7.86. The van der Waals surface area contributed by atoms with Crippen molar-refractivity contribution in [3.05, 3.63) is 197 Å². The van der Waals surface area contributed by atoms with Gasteiger partial charge in [-0.15, -0.1) is 0 Å². The zero-order chi connectivity index (χ0) is 41.3. The molecule has 0 fully saturated rings. The molecule has 0 saturated heterocycles. The van der Waals surface area contributed by atoms with Gasteiger partial charge in [0.1, 0.15) is 12.3 Å². The van der Waals surface area contributed by atoms with Crippen LogP contribution in [0.25, 0.3) is 21.5 Å². The van der Waals surface area contributed by atoms with Crippen molar-refractivity contribution in [1.29, 1.82) is 0 Å². The minimum Gasteiger partial charge on any atom is -0.508 e. The number of nitrogens with zero attached hydrogens (tertiary/aromatic N) is 4. The summed E-state index contributed by atoms with van der Waals surface area (Å²) in [5, 5.41) is 15.3. The molecule has 9 heteroatoms. The lowest BCUT2D eigenvalue weighted by Crippen LogP contribution is -2.27. The molecule has 2 aliphatic rings. The van der Waals surface area contributed by atoms with Crippen molar-refractivity contribution in [1.82, 2.24) is 0 Å². The van der Waals surface area contributed by atoms with Gasteiger partial charge in [0, 0.05) is 51.2 Å². The third-order valence-corrected chi connectivity index (χ3v) is 11.3. The molecule has 0 spiro atoms. The molecule has 0 radical (unpaired) electrons. The van der Waals surface area contributed by atoms with E-state index < -0.39 is 0 Å². The SMILES string of the molecule is C.Cc1ccc(C2=NCC(=O)N(c3ccc4ccccc4c3)c3ccc(Cl)cc32)cc1.O=C1CCN(c2ccc(O)cc2)c2cc(Cl)ccc2N1c1ccc2ccccc2c1. The predicted molar refractivity (Wildman–Crippen MR) is 253 cm³/mol. The molecule has 0 aliphatic carbocycles. The Morgan fingerprint density at radius 3 is 1.70 bits per heavy atom. The normalized spacial score (nSPS) is 13.6. The molecule has 0 unspecified atom stereocenters. The van der Waals surface area contributed by atoms with E-state index >= 15 is 0 Å². The lowest BCUT2D eigenvalue weighted by atomic mass is 9.99. The summed E-state index contributed by atoms with van der Waals surface area (Å²) in [5.74, 6) is 0.153. The predicted octanol–water partition coefficient (Wildman–Crippen LogP) is 13.4. The van der Waals surface area contributed by atoms with E-state index in [0.29, 0.717) is 23.0 Å². The molecule has 0 saturated carbocycles. The van der Waals surface area contributed by atoms with E-state index in [1.54, 1.807) is 21.9 Å². The van der Waals surface area contributed by atoms with E-state index in [4.69, 9.17) is 28.2 Å². The highest BCUT2D eigenvalue weighted by molar-refractivity contribution is 6.32. The highest BCUT2D eigenvalue weighted by atomic mass is 35.5. The number of carbonyl (C=O) groups excluding carboxylic acids is 2. The fraction of sp³-hybridized carbons (Fsp3) is 0.0962. The number of fused-ring (bicyclic) bond motifs is 4. The summed E-state index contributed by atoms with van der Waals surface area (Å²) in [6.45, 7) is 2.64. The van der Waals surface area contributed by atoms with Gasteiger partial charge in [0.15, 0.2) is 0 Å². The van der Waals surface area contributed by atoms with Crippen LogP contribution in [-0.4, -0.2) is 35.7 Å². The topological polar surface area (TPSA) is 76.5 Å². The summed E-state index contributed by atoms with van der Waals surface area (Å²) >= 11 is 12.7. The number of anilines is 6. The molecule has 2 aliphatic heterocycles. The number of amides is 2. The number of benzodiazepines with no additional fused rings is 1. The van der Waals surface area contributed by atoms with Crippen LogP contribution in [0.2, 0.25) is 10.0 Å². The zero-order valence-electron chi connectivity index (χ0n) is 32.6. The standard InChI is InChI=1S/C26H19ClN2O.C25H19ClN2O2.CH4/c1-17-6-8-19(9-7-17)26-23-15-21(27)11-13-24(23)29(25(30)16-28-26)22-12-10-18-4-2-3-5-20(18)14-22;26-19-6-12-23-24(16-19)27(20-8-10-22(29)11-9-20)14-13-25(30)28(23)21-7-5-17-3-1-2-4-18(17)15-21;/h2-15H,16H2,1H3;1-12,15-16,29H,13-14H2;1H4. The van der Waals surface area contributed by atoms with E-state index in [9.17, 15) is 14.7 Å². The number of hydrogen-bond acceptors (Lipinski definition) is 5. The number of hydrogen-bond donors (Lipinski definition) is 1.